The van der Waals surface area contributed by atoms with Gasteiger partial charge in [-0.15, -0.1) is 0 Å². The van der Waals surface area contributed by atoms with Crippen molar-refractivity contribution in [3.05, 3.63) is 22.7 Å². The summed E-state index contributed by atoms with van der Waals surface area (Å²) in [6, 6.07) is 4.16. The molecular formula is C16H23ClN2O2. The molecule has 0 aromatic heterocycles. The van der Waals surface area contributed by atoms with Crippen molar-refractivity contribution in [3.8, 4) is 11.5 Å². The molecule has 2 aliphatic heterocycles. The van der Waals surface area contributed by atoms with Crippen LogP contribution in [0.2, 0.25) is 5.02 Å². The molecular weight excluding hydrogens is 288 g/mol. The fourth-order valence-electron chi connectivity index (χ4n) is 3.13. The van der Waals surface area contributed by atoms with E-state index in [0.29, 0.717) is 11.1 Å². The number of likely N-dealkylation sites (tertiary alicyclic amines) is 1. The number of piperidine rings is 1. The summed E-state index contributed by atoms with van der Waals surface area (Å²) >= 11 is 6.26. The van der Waals surface area contributed by atoms with Crippen LogP contribution in [0.5, 0.6) is 11.5 Å². The van der Waals surface area contributed by atoms with Gasteiger partial charge in [-0.25, -0.2) is 0 Å². The van der Waals surface area contributed by atoms with Crippen molar-refractivity contribution in [2.45, 2.75) is 31.4 Å². The van der Waals surface area contributed by atoms with Gasteiger partial charge in [0.15, 0.2) is 11.5 Å². The van der Waals surface area contributed by atoms with Crippen LogP contribution in [0, 0.1) is 0 Å². The third kappa shape index (κ3) is 3.28. The monoisotopic (exact) mass is 310 g/mol. The molecule has 21 heavy (non-hydrogen) atoms. The lowest BCUT2D eigenvalue weighted by atomic mass is 9.96. The average Bonchev–Trinajstić information content (AvgIpc) is 2.47. The van der Waals surface area contributed by atoms with Gasteiger partial charge in [-0.3, -0.25) is 4.90 Å². The first kappa shape index (κ1) is 14.9. The predicted octanol–water partition coefficient (Wildman–Crippen LogP) is 2.86. The molecule has 1 aromatic rings. The summed E-state index contributed by atoms with van der Waals surface area (Å²) in [5, 5.41) is 4.27. The van der Waals surface area contributed by atoms with E-state index in [-0.39, 0.29) is 6.10 Å². The lowest BCUT2D eigenvalue weighted by Crippen LogP contribution is -2.51. The molecule has 1 unspecified atom stereocenters. The molecule has 0 radical (unpaired) electrons. The minimum absolute atomic E-state index is 0.243. The van der Waals surface area contributed by atoms with Crippen molar-refractivity contribution in [1.82, 2.24) is 10.2 Å². The van der Waals surface area contributed by atoms with Crippen LogP contribution >= 0.6 is 11.6 Å². The second-order valence-corrected chi connectivity index (χ2v) is 6.43. The Bertz CT molecular complexity index is 497. The number of methoxy groups -OCH3 is 1. The summed E-state index contributed by atoms with van der Waals surface area (Å²) in [7, 11) is 3.77. The molecule has 0 spiro atoms. The summed E-state index contributed by atoms with van der Waals surface area (Å²) in [6.45, 7) is 2.97. The van der Waals surface area contributed by atoms with Crippen molar-refractivity contribution < 1.29 is 9.47 Å². The van der Waals surface area contributed by atoms with Crippen LogP contribution in [0.3, 0.4) is 0 Å². The second kappa shape index (κ2) is 6.42. The minimum atomic E-state index is 0.243. The maximum Gasteiger partial charge on any atom is 0.166 e. The highest BCUT2D eigenvalue weighted by molar-refractivity contribution is 6.30. The van der Waals surface area contributed by atoms with E-state index in [2.05, 4.69) is 17.3 Å². The highest BCUT2D eigenvalue weighted by Crippen LogP contribution is 2.41. The van der Waals surface area contributed by atoms with Gasteiger partial charge in [0, 0.05) is 35.8 Å². The van der Waals surface area contributed by atoms with E-state index < -0.39 is 0 Å². The second-order valence-electron chi connectivity index (χ2n) is 5.99. The fraction of sp³-hybridized carbons (Fsp3) is 0.625. The van der Waals surface area contributed by atoms with E-state index in [1.165, 1.54) is 12.8 Å². The van der Waals surface area contributed by atoms with Crippen molar-refractivity contribution in [2.24, 2.45) is 0 Å². The van der Waals surface area contributed by atoms with Crippen LogP contribution < -0.4 is 14.8 Å². The van der Waals surface area contributed by atoms with Gasteiger partial charge in [0.25, 0.3) is 0 Å². The van der Waals surface area contributed by atoms with Crippen molar-refractivity contribution in [3.63, 3.8) is 0 Å². The fourth-order valence-corrected chi connectivity index (χ4v) is 3.34. The lowest BCUT2D eigenvalue weighted by molar-refractivity contribution is 0.0357. The first-order chi connectivity index (χ1) is 10.2. The Morgan fingerprint density at radius 3 is 2.71 bits per heavy atom. The normalized spacial score (nSPS) is 23.7. The lowest BCUT2D eigenvalue weighted by Gasteiger charge is -2.37. The van der Waals surface area contributed by atoms with Gasteiger partial charge in [0.2, 0.25) is 0 Å². The van der Waals surface area contributed by atoms with E-state index in [1.807, 2.05) is 12.1 Å². The van der Waals surface area contributed by atoms with E-state index in [9.17, 15) is 0 Å². The molecule has 1 aromatic carbocycles. The number of nitrogens with zero attached hydrogens (tertiary/aromatic N) is 1. The molecule has 0 bridgehead atoms. The topological polar surface area (TPSA) is 33.7 Å². The van der Waals surface area contributed by atoms with Crippen LogP contribution in [0.1, 0.15) is 30.9 Å². The first-order valence-electron chi connectivity index (χ1n) is 7.63. The van der Waals surface area contributed by atoms with Crippen molar-refractivity contribution in [1.29, 1.82) is 0 Å². The highest BCUT2D eigenvalue weighted by Gasteiger charge is 2.29. The van der Waals surface area contributed by atoms with Crippen molar-refractivity contribution >= 4 is 11.6 Å². The Kier molecular flexibility index (Phi) is 4.57. The summed E-state index contributed by atoms with van der Waals surface area (Å²) < 4.78 is 11.7. The number of halogens is 1. The van der Waals surface area contributed by atoms with Crippen LogP contribution in [0.4, 0.5) is 0 Å². The van der Waals surface area contributed by atoms with Crippen LogP contribution in [0.25, 0.3) is 0 Å². The zero-order valence-electron chi connectivity index (χ0n) is 12.7. The number of likely N-dealkylation sites (N-methyl/N-ethyl adjacent to an activating group) is 1. The number of hydrogen-bond donors (Lipinski definition) is 1. The van der Waals surface area contributed by atoms with E-state index in [1.54, 1.807) is 7.11 Å². The number of nitrogens with one attached hydrogen (secondary N) is 1. The van der Waals surface area contributed by atoms with Crippen molar-refractivity contribution in [2.75, 3.05) is 33.8 Å². The molecule has 2 saturated heterocycles. The van der Waals surface area contributed by atoms with Gasteiger partial charge in [0.1, 0.15) is 6.10 Å². The predicted molar refractivity (Wildman–Crippen MR) is 84.5 cm³/mol. The van der Waals surface area contributed by atoms with Gasteiger partial charge in [-0.1, -0.05) is 18.0 Å². The molecule has 0 aliphatic carbocycles. The molecule has 2 fully saturated rings. The van der Waals surface area contributed by atoms with Crippen LogP contribution in [-0.4, -0.2) is 44.8 Å². The average molecular weight is 311 g/mol. The summed E-state index contributed by atoms with van der Waals surface area (Å²) in [5.74, 6) is 1.60. The summed E-state index contributed by atoms with van der Waals surface area (Å²) in [6.07, 6.45) is 3.83. The van der Waals surface area contributed by atoms with Gasteiger partial charge in [-0.2, -0.15) is 0 Å². The molecule has 1 atom stereocenters. The molecule has 2 aliphatic rings. The van der Waals surface area contributed by atoms with Gasteiger partial charge in [-0.05, 0) is 32.5 Å². The van der Waals surface area contributed by atoms with E-state index in [4.69, 9.17) is 21.1 Å². The molecule has 4 nitrogen and oxygen atoms in total. The molecule has 0 saturated carbocycles. The Morgan fingerprint density at radius 2 is 2.10 bits per heavy atom. The maximum atomic E-state index is 6.26. The molecule has 0 amide bonds. The maximum absolute atomic E-state index is 6.26. The molecule has 1 N–H and O–H groups in total. The quantitative estimate of drug-likeness (QED) is 0.927. The zero-order chi connectivity index (χ0) is 14.8. The number of rotatable bonds is 4. The Hall–Kier alpha value is -0.970. The van der Waals surface area contributed by atoms with Gasteiger partial charge < -0.3 is 14.8 Å². The molecule has 3 rings (SSSR count). The summed E-state index contributed by atoms with van der Waals surface area (Å²) in [5.41, 5.74) is 1.13. The SMILES string of the molecule is COc1cc(Cl)cc(C2CCCCN2)c1OC1CN(C)C1. The Morgan fingerprint density at radius 1 is 1.29 bits per heavy atom. The van der Waals surface area contributed by atoms with Gasteiger partial charge >= 0.3 is 0 Å². The largest absolute Gasteiger partial charge is 0.493 e. The third-order valence-corrected chi connectivity index (χ3v) is 4.49. The standard InChI is InChI=1S/C16H23ClN2O2/c1-19-9-12(10-19)21-16-13(14-5-3-4-6-18-14)7-11(17)8-15(16)20-2/h7-8,12,14,18H,3-6,9-10H2,1-2H3. The molecule has 116 valence electrons. The van der Waals surface area contributed by atoms with Crippen LogP contribution in [-0.2, 0) is 0 Å². The summed E-state index contributed by atoms with van der Waals surface area (Å²) in [4.78, 5) is 2.24. The van der Waals surface area contributed by atoms with Gasteiger partial charge in [0.05, 0.1) is 7.11 Å². The van der Waals surface area contributed by atoms with E-state index >= 15 is 0 Å². The van der Waals surface area contributed by atoms with E-state index in [0.717, 1.165) is 43.1 Å². The molecule has 5 heteroatoms. The number of hydrogen-bond acceptors (Lipinski definition) is 4. The van der Waals surface area contributed by atoms with Crippen LogP contribution in [0.15, 0.2) is 12.1 Å². The minimum Gasteiger partial charge on any atom is -0.493 e. The smallest absolute Gasteiger partial charge is 0.166 e. The Labute approximate surface area is 131 Å². The first-order valence-corrected chi connectivity index (χ1v) is 8.01. The third-order valence-electron chi connectivity index (χ3n) is 4.27. The highest BCUT2D eigenvalue weighted by atomic mass is 35.5. The number of ether oxygens (including phenoxy) is 2. The number of benzene rings is 1. The Balaban J connectivity index is 1.89. The zero-order valence-corrected chi connectivity index (χ0v) is 13.4. The molecule has 2 heterocycles.